The average Bonchev–Trinajstić information content (AvgIpc) is 2.88. The van der Waals surface area contributed by atoms with Gasteiger partial charge in [0.2, 0.25) is 0 Å². The zero-order chi connectivity index (χ0) is 13.9. The first-order valence-corrected chi connectivity index (χ1v) is 6.21. The summed E-state index contributed by atoms with van der Waals surface area (Å²) < 4.78 is 28.3. The normalized spacial score (nSPS) is 19.1. The molecule has 3 nitrogen and oxygen atoms in total. The lowest BCUT2D eigenvalue weighted by Crippen LogP contribution is -2.23. The van der Waals surface area contributed by atoms with Gasteiger partial charge < -0.3 is 9.84 Å². The van der Waals surface area contributed by atoms with Gasteiger partial charge in [-0.3, -0.25) is 0 Å². The lowest BCUT2D eigenvalue weighted by molar-refractivity contribution is -0.0498. The molecule has 1 aliphatic rings. The van der Waals surface area contributed by atoms with Gasteiger partial charge in [0.1, 0.15) is 5.75 Å². The van der Waals surface area contributed by atoms with Crippen molar-refractivity contribution in [1.82, 2.24) is 0 Å². The topological polar surface area (TPSA) is 53.2 Å². The highest BCUT2D eigenvalue weighted by molar-refractivity contribution is 5.31. The van der Waals surface area contributed by atoms with Crippen LogP contribution in [0.2, 0.25) is 0 Å². The Balaban J connectivity index is 2.15. The van der Waals surface area contributed by atoms with Crippen LogP contribution >= 0.6 is 0 Å². The summed E-state index contributed by atoms with van der Waals surface area (Å²) in [7, 11) is 0. The van der Waals surface area contributed by atoms with Gasteiger partial charge in [0.15, 0.2) is 0 Å². The second kappa shape index (κ2) is 5.54. The molecule has 1 unspecified atom stereocenters. The zero-order valence-corrected chi connectivity index (χ0v) is 10.4. The highest BCUT2D eigenvalue weighted by Gasteiger charge is 2.41. The van der Waals surface area contributed by atoms with E-state index >= 15 is 0 Å². The van der Waals surface area contributed by atoms with E-state index in [4.69, 9.17) is 0 Å². The van der Waals surface area contributed by atoms with E-state index in [9.17, 15) is 19.1 Å². The van der Waals surface area contributed by atoms with Crippen LogP contribution in [-0.2, 0) is 0 Å². The summed E-state index contributed by atoms with van der Waals surface area (Å²) in [5, 5.41) is 19.6. The van der Waals surface area contributed by atoms with Crippen molar-refractivity contribution in [2.24, 2.45) is 5.41 Å². The number of aliphatic hydroxyl groups excluding tert-OH is 1. The third-order valence-electron chi connectivity index (χ3n) is 3.66. The van der Waals surface area contributed by atoms with E-state index in [2.05, 4.69) is 10.8 Å². The maximum atomic E-state index is 12.0. The van der Waals surface area contributed by atoms with Crippen LogP contribution in [-0.4, -0.2) is 11.7 Å². The first-order chi connectivity index (χ1) is 9.07. The summed E-state index contributed by atoms with van der Waals surface area (Å²) in [6.45, 7) is -2.86. The summed E-state index contributed by atoms with van der Waals surface area (Å²) in [6.07, 6.45) is 2.30. The molecule has 102 valence electrons. The molecule has 2 rings (SSSR count). The number of rotatable bonds is 4. The second-order valence-corrected chi connectivity index (χ2v) is 4.83. The van der Waals surface area contributed by atoms with Crippen LogP contribution in [0.25, 0.3) is 0 Å². The Labute approximate surface area is 110 Å². The molecule has 5 heteroatoms. The van der Waals surface area contributed by atoms with Crippen molar-refractivity contribution in [1.29, 1.82) is 5.26 Å². The van der Waals surface area contributed by atoms with E-state index in [-0.39, 0.29) is 5.75 Å². The van der Waals surface area contributed by atoms with Gasteiger partial charge >= 0.3 is 6.61 Å². The summed E-state index contributed by atoms with van der Waals surface area (Å²) >= 11 is 0. The van der Waals surface area contributed by atoms with E-state index in [0.717, 1.165) is 12.8 Å². The van der Waals surface area contributed by atoms with Gasteiger partial charge in [0.25, 0.3) is 0 Å². The third-order valence-corrected chi connectivity index (χ3v) is 3.66. The number of hydrogen-bond donors (Lipinski definition) is 1. The highest BCUT2D eigenvalue weighted by Crippen LogP contribution is 2.47. The van der Waals surface area contributed by atoms with Crippen molar-refractivity contribution in [2.45, 2.75) is 38.4 Å². The van der Waals surface area contributed by atoms with E-state index in [0.29, 0.717) is 18.4 Å². The van der Waals surface area contributed by atoms with Crippen LogP contribution in [0.1, 0.15) is 37.4 Å². The number of alkyl halides is 2. The number of benzene rings is 1. The number of nitrogens with zero attached hydrogens (tertiary/aromatic N) is 1. The lowest BCUT2D eigenvalue weighted by atomic mass is 9.79. The molecule has 0 amide bonds. The minimum absolute atomic E-state index is 0.0448. The fourth-order valence-electron chi connectivity index (χ4n) is 2.60. The van der Waals surface area contributed by atoms with Gasteiger partial charge in [-0.05, 0) is 30.5 Å². The number of aliphatic hydroxyl groups is 1. The quantitative estimate of drug-likeness (QED) is 0.909. The third kappa shape index (κ3) is 2.85. The van der Waals surface area contributed by atoms with Crippen molar-refractivity contribution < 1.29 is 18.6 Å². The predicted molar refractivity (Wildman–Crippen MR) is 64.5 cm³/mol. The second-order valence-electron chi connectivity index (χ2n) is 4.83. The Morgan fingerprint density at radius 2 is 1.79 bits per heavy atom. The first-order valence-electron chi connectivity index (χ1n) is 6.21. The van der Waals surface area contributed by atoms with E-state index in [1.165, 1.54) is 24.3 Å². The minimum Gasteiger partial charge on any atom is -0.435 e. The molecule has 1 aliphatic carbocycles. The molecule has 1 aromatic carbocycles. The van der Waals surface area contributed by atoms with Crippen molar-refractivity contribution in [2.75, 3.05) is 0 Å². The van der Waals surface area contributed by atoms with E-state index in [1.54, 1.807) is 0 Å². The summed E-state index contributed by atoms with van der Waals surface area (Å²) in [4.78, 5) is 0. The molecule has 1 atom stereocenters. The number of ether oxygens (including phenoxy) is 1. The van der Waals surface area contributed by atoms with Crippen molar-refractivity contribution >= 4 is 0 Å². The number of hydrogen-bond acceptors (Lipinski definition) is 3. The van der Waals surface area contributed by atoms with Crippen LogP contribution in [0, 0.1) is 16.7 Å². The first kappa shape index (κ1) is 13.8. The Kier molecular flexibility index (Phi) is 4.01. The van der Waals surface area contributed by atoms with Crippen LogP contribution in [0.3, 0.4) is 0 Å². The van der Waals surface area contributed by atoms with E-state index in [1.807, 2.05) is 0 Å². The molecule has 0 bridgehead atoms. The van der Waals surface area contributed by atoms with Gasteiger partial charge in [-0.25, -0.2) is 0 Å². The molecule has 0 saturated heterocycles. The molecule has 1 aromatic rings. The molecule has 0 aromatic heterocycles. The van der Waals surface area contributed by atoms with Crippen molar-refractivity contribution in [3.63, 3.8) is 0 Å². The molecular weight excluding hydrogens is 252 g/mol. The molecule has 0 spiro atoms. The Morgan fingerprint density at radius 1 is 1.21 bits per heavy atom. The fourth-order valence-corrected chi connectivity index (χ4v) is 2.60. The van der Waals surface area contributed by atoms with Gasteiger partial charge in [-0.15, -0.1) is 0 Å². The standard InChI is InChI=1S/C14H15F2NO2/c15-13(16)19-11-5-3-10(4-6-11)12(18)14(9-17)7-1-2-8-14/h3-6,12-13,18H,1-2,7-8H2. The summed E-state index contributed by atoms with van der Waals surface area (Å²) in [5.74, 6) is 0.0448. The fraction of sp³-hybridized carbons (Fsp3) is 0.500. The summed E-state index contributed by atoms with van der Waals surface area (Å²) in [6, 6.07) is 8.04. The number of nitriles is 1. The molecule has 1 fully saturated rings. The Morgan fingerprint density at radius 3 is 2.26 bits per heavy atom. The van der Waals surface area contributed by atoms with Gasteiger partial charge in [-0.2, -0.15) is 14.0 Å². The molecule has 1 N–H and O–H groups in total. The van der Waals surface area contributed by atoms with Crippen LogP contribution in [0.4, 0.5) is 8.78 Å². The molecule has 0 aliphatic heterocycles. The smallest absolute Gasteiger partial charge is 0.387 e. The van der Waals surface area contributed by atoms with Gasteiger partial charge in [0.05, 0.1) is 17.6 Å². The predicted octanol–water partition coefficient (Wildman–Crippen LogP) is 3.41. The molecule has 0 heterocycles. The van der Waals surface area contributed by atoms with Crippen LogP contribution < -0.4 is 4.74 Å². The largest absolute Gasteiger partial charge is 0.435 e. The van der Waals surface area contributed by atoms with E-state index < -0.39 is 18.1 Å². The van der Waals surface area contributed by atoms with Crippen molar-refractivity contribution in [3.05, 3.63) is 29.8 Å². The number of halogens is 2. The summed E-state index contributed by atoms with van der Waals surface area (Å²) in [5.41, 5.74) is -0.185. The minimum atomic E-state index is -2.86. The van der Waals surface area contributed by atoms with Crippen molar-refractivity contribution in [3.8, 4) is 11.8 Å². The maximum absolute atomic E-state index is 12.0. The Hall–Kier alpha value is -1.67. The molecular formula is C14H15F2NO2. The van der Waals surface area contributed by atoms with Crippen LogP contribution in [0.5, 0.6) is 5.75 Å². The van der Waals surface area contributed by atoms with Gasteiger partial charge in [-0.1, -0.05) is 25.0 Å². The highest BCUT2D eigenvalue weighted by atomic mass is 19.3. The van der Waals surface area contributed by atoms with Crippen LogP contribution in [0.15, 0.2) is 24.3 Å². The molecule has 19 heavy (non-hydrogen) atoms. The Bertz CT molecular complexity index is 461. The monoisotopic (exact) mass is 267 g/mol. The zero-order valence-electron chi connectivity index (χ0n) is 10.4. The lowest BCUT2D eigenvalue weighted by Gasteiger charge is -2.27. The maximum Gasteiger partial charge on any atom is 0.387 e. The van der Waals surface area contributed by atoms with Gasteiger partial charge in [0, 0.05) is 0 Å². The average molecular weight is 267 g/mol. The molecule has 1 saturated carbocycles. The molecule has 0 radical (unpaired) electrons. The SMILES string of the molecule is N#CC1(C(O)c2ccc(OC(F)F)cc2)CCCC1.